The van der Waals surface area contributed by atoms with Crippen molar-refractivity contribution in [2.24, 2.45) is 0 Å². The van der Waals surface area contributed by atoms with Gasteiger partial charge >= 0.3 is 5.97 Å². The van der Waals surface area contributed by atoms with Crippen molar-refractivity contribution in [3.8, 4) is 0 Å². The van der Waals surface area contributed by atoms with Crippen LogP contribution in [0.4, 0.5) is 0 Å². The number of aliphatic hydroxyl groups is 1. The highest BCUT2D eigenvalue weighted by molar-refractivity contribution is 7.91. The van der Waals surface area contributed by atoms with Crippen LogP contribution in [-0.2, 0) is 16.3 Å². The van der Waals surface area contributed by atoms with Crippen LogP contribution in [0.15, 0.2) is 82.6 Å². The van der Waals surface area contributed by atoms with Gasteiger partial charge in [-0.3, -0.25) is 0 Å². The van der Waals surface area contributed by atoms with Crippen LogP contribution in [0, 0.1) is 0 Å². The number of aromatic carboxylic acids is 1. The summed E-state index contributed by atoms with van der Waals surface area (Å²) in [7, 11) is -3.72. The molecule has 0 amide bonds. The zero-order valence-corrected chi connectivity index (χ0v) is 18.1. The molecule has 0 aliphatic heterocycles. The molecule has 6 nitrogen and oxygen atoms in total. The molecule has 0 aromatic heterocycles. The average molecular weight is 460 g/mol. The Hall–Kier alpha value is -2.71. The van der Waals surface area contributed by atoms with E-state index in [1.807, 2.05) is 6.07 Å². The number of benzene rings is 3. The van der Waals surface area contributed by atoms with Crippen molar-refractivity contribution in [1.82, 2.24) is 5.32 Å². The molecule has 0 aliphatic carbocycles. The van der Waals surface area contributed by atoms with Gasteiger partial charge in [0.25, 0.3) is 0 Å². The van der Waals surface area contributed by atoms with E-state index in [2.05, 4.69) is 5.32 Å². The first-order chi connectivity index (χ1) is 14.8. The van der Waals surface area contributed by atoms with E-state index in [4.69, 9.17) is 16.7 Å². The van der Waals surface area contributed by atoms with Crippen molar-refractivity contribution in [3.63, 3.8) is 0 Å². The summed E-state index contributed by atoms with van der Waals surface area (Å²) in [6, 6.07) is 18.8. The zero-order valence-electron chi connectivity index (χ0n) is 16.5. The molecule has 3 rings (SSSR count). The van der Waals surface area contributed by atoms with E-state index in [0.29, 0.717) is 24.5 Å². The Kier molecular flexibility index (Phi) is 7.46. The standard InChI is InChI=1S/C23H22ClNO5S/c24-19-3-1-2-18(14-19)22(26)15-25-13-12-16-4-8-20(9-5-16)31(29,30)21-10-6-17(7-11-21)23(27)28/h1-11,14,22,25-26H,12-13,15H2,(H,27,28)/t22-/m1/s1. The fourth-order valence-corrected chi connectivity index (χ4v) is 4.51. The molecule has 0 unspecified atom stereocenters. The predicted octanol–water partition coefficient (Wildman–Crippen LogP) is 3.74. The summed E-state index contributed by atoms with van der Waals surface area (Å²) in [6.07, 6.45) is -0.00524. The minimum atomic E-state index is -3.72. The molecule has 0 heterocycles. The lowest BCUT2D eigenvalue weighted by Gasteiger charge is -2.12. The van der Waals surface area contributed by atoms with Gasteiger partial charge in [-0.1, -0.05) is 35.9 Å². The highest BCUT2D eigenvalue weighted by atomic mass is 35.5. The maximum Gasteiger partial charge on any atom is 0.335 e. The van der Waals surface area contributed by atoms with Gasteiger partial charge in [0.15, 0.2) is 0 Å². The molecule has 8 heteroatoms. The van der Waals surface area contributed by atoms with Crippen LogP contribution < -0.4 is 5.32 Å². The maximum atomic E-state index is 12.7. The normalized spacial score (nSPS) is 12.5. The minimum absolute atomic E-state index is 0.0299. The van der Waals surface area contributed by atoms with Crippen LogP contribution >= 0.6 is 11.6 Å². The molecule has 0 fully saturated rings. The van der Waals surface area contributed by atoms with Gasteiger partial charge in [-0.15, -0.1) is 0 Å². The summed E-state index contributed by atoms with van der Waals surface area (Å²) in [6.45, 7) is 0.986. The first-order valence-corrected chi connectivity index (χ1v) is 11.4. The summed E-state index contributed by atoms with van der Waals surface area (Å²) in [5.41, 5.74) is 1.72. The Balaban J connectivity index is 1.55. The van der Waals surface area contributed by atoms with Crippen molar-refractivity contribution < 1.29 is 23.4 Å². The number of sulfone groups is 1. The number of carboxylic acids is 1. The average Bonchev–Trinajstić information content (AvgIpc) is 2.77. The van der Waals surface area contributed by atoms with Crippen LogP contribution in [0.25, 0.3) is 0 Å². The van der Waals surface area contributed by atoms with Crippen LogP contribution in [0.3, 0.4) is 0 Å². The predicted molar refractivity (Wildman–Crippen MR) is 118 cm³/mol. The topological polar surface area (TPSA) is 104 Å². The largest absolute Gasteiger partial charge is 0.478 e. The van der Waals surface area contributed by atoms with Crippen molar-refractivity contribution >= 4 is 27.4 Å². The lowest BCUT2D eigenvalue weighted by molar-refractivity contribution is 0.0696. The molecule has 0 aliphatic rings. The van der Waals surface area contributed by atoms with Crippen LogP contribution in [0.1, 0.15) is 27.6 Å². The molecule has 3 N–H and O–H groups in total. The number of hydrogen-bond donors (Lipinski definition) is 3. The first-order valence-electron chi connectivity index (χ1n) is 9.59. The van der Waals surface area contributed by atoms with Crippen molar-refractivity contribution in [3.05, 3.63) is 94.5 Å². The second kappa shape index (κ2) is 10.1. The van der Waals surface area contributed by atoms with Gasteiger partial charge in [0.2, 0.25) is 9.84 Å². The fraction of sp³-hybridized carbons (Fsp3) is 0.174. The van der Waals surface area contributed by atoms with Gasteiger partial charge in [-0.25, -0.2) is 13.2 Å². The van der Waals surface area contributed by atoms with E-state index in [9.17, 15) is 18.3 Å². The molecule has 1 atom stereocenters. The number of halogens is 1. The number of carbonyl (C=O) groups is 1. The third-order valence-electron chi connectivity index (χ3n) is 4.81. The van der Waals surface area contributed by atoms with E-state index in [0.717, 1.165) is 11.1 Å². The minimum Gasteiger partial charge on any atom is -0.478 e. The summed E-state index contributed by atoms with van der Waals surface area (Å²) in [5, 5.41) is 22.9. The van der Waals surface area contributed by atoms with Crippen molar-refractivity contribution in [2.75, 3.05) is 13.1 Å². The summed E-state index contributed by atoms with van der Waals surface area (Å²) >= 11 is 5.94. The summed E-state index contributed by atoms with van der Waals surface area (Å²) in [5.74, 6) is -1.11. The zero-order chi connectivity index (χ0) is 22.4. The Bertz CT molecular complexity index is 1150. The molecule has 0 bridgehead atoms. The van der Waals surface area contributed by atoms with Gasteiger partial charge in [-0.05, 0) is 72.6 Å². The Morgan fingerprint density at radius 2 is 1.58 bits per heavy atom. The van der Waals surface area contributed by atoms with E-state index < -0.39 is 21.9 Å². The third-order valence-corrected chi connectivity index (χ3v) is 6.83. The molecule has 0 saturated heterocycles. The highest BCUT2D eigenvalue weighted by Gasteiger charge is 2.18. The summed E-state index contributed by atoms with van der Waals surface area (Å²) < 4.78 is 25.4. The second-order valence-electron chi connectivity index (χ2n) is 7.00. The number of carboxylic acid groups (broad SMARTS) is 1. The molecule has 0 radical (unpaired) electrons. The fourth-order valence-electron chi connectivity index (χ4n) is 3.05. The van der Waals surface area contributed by atoms with Crippen LogP contribution in [-0.4, -0.2) is 37.7 Å². The quantitative estimate of drug-likeness (QED) is 0.421. The van der Waals surface area contributed by atoms with E-state index in [1.54, 1.807) is 30.3 Å². The first kappa shape index (κ1) is 23.0. The van der Waals surface area contributed by atoms with Crippen molar-refractivity contribution in [1.29, 1.82) is 0 Å². The van der Waals surface area contributed by atoms with Gasteiger partial charge in [0.1, 0.15) is 0 Å². The molecule has 0 spiro atoms. The monoisotopic (exact) mass is 459 g/mol. The van der Waals surface area contributed by atoms with Crippen molar-refractivity contribution in [2.45, 2.75) is 22.3 Å². The SMILES string of the molecule is O=C(O)c1ccc(S(=O)(=O)c2ccc(CCNC[C@@H](O)c3cccc(Cl)c3)cc2)cc1. The van der Waals surface area contributed by atoms with Crippen LogP contribution in [0.5, 0.6) is 0 Å². The lowest BCUT2D eigenvalue weighted by atomic mass is 10.1. The van der Waals surface area contributed by atoms with E-state index in [1.165, 1.54) is 36.4 Å². The van der Waals surface area contributed by atoms with Crippen LogP contribution in [0.2, 0.25) is 5.02 Å². The molecule has 162 valence electrons. The molecular formula is C23H22ClNO5S. The number of rotatable bonds is 9. The number of aliphatic hydroxyl groups excluding tert-OH is 1. The maximum absolute atomic E-state index is 12.7. The Morgan fingerprint density at radius 1 is 0.968 bits per heavy atom. The van der Waals surface area contributed by atoms with Gasteiger partial charge in [-0.2, -0.15) is 0 Å². The Morgan fingerprint density at radius 3 is 2.16 bits per heavy atom. The molecule has 0 saturated carbocycles. The highest BCUT2D eigenvalue weighted by Crippen LogP contribution is 2.22. The molecule has 3 aromatic carbocycles. The molecule has 3 aromatic rings. The van der Waals surface area contributed by atoms with Gasteiger partial charge < -0.3 is 15.5 Å². The summed E-state index contributed by atoms with van der Waals surface area (Å²) in [4.78, 5) is 11.1. The van der Waals surface area contributed by atoms with E-state index in [-0.39, 0.29) is 15.4 Å². The van der Waals surface area contributed by atoms with Gasteiger partial charge in [0, 0.05) is 11.6 Å². The third kappa shape index (κ3) is 5.92. The molecular weight excluding hydrogens is 438 g/mol. The number of hydrogen-bond acceptors (Lipinski definition) is 5. The smallest absolute Gasteiger partial charge is 0.335 e. The second-order valence-corrected chi connectivity index (χ2v) is 9.39. The van der Waals surface area contributed by atoms with Gasteiger partial charge in [0.05, 0.1) is 21.5 Å². The van der Waals surface area contributed by atoms with E-state index >= 15 is 0 Å². The lowest BCUT2D eigenvalue weighted by Crippen LogP contribution is -2.23. The Labute approximate surface area is 186 Å². The molecule has 31 heavy (non-hydrogen) atoms. The number of nitrogens with one attached hydrogen (secondary N) is 1.